The van der Waals surface area contributed by atoms with Crippen LogP contribution >= 0.6 is 15.9 Å². The number of rotatable bonds is 5. The van der Waals surface area contributed by atoms with Crippen LogP contribution in [0, 0.1) is 10.1 Å². The topological polar surface area (TPSA) is 63.4 Å². The number of hydrogen-bond donors (Lipinski definition) is 0. The van der Waals surface area contributed by atoms with Gasteiger partial charge in [-0.25, -0.2) is 0 Å². The van der Waals surface area contributed by atoms with Gasteiger partial charge in [-0.3, -0.25) is 14.9 Å². The second-order valence-electron chi connectivity index (χ2n) is 4.60. The first kappa shape index (κ1) is 15.2. The quantitative estimate of drug-likeness (QED) is 0.468. The first-order valence-electron chi connectivity index (χ1n) is 6.20. The zero-order chi connectivity index (χ0) is 15.4. The lowest BCUT2D eigenvalue weighted by Crippen LogP contribution is -2.18. The van der Waals surface area contributed by atoms with Gasteiger partial charge in [0.25, 0.3) is 5.69 Å². The van der Waals surface area contributed by atoms with E-state index in [0.29, 0.717) is 24.1 Å². The van der Waals surface area contributed by atoms with Crippen molar-refractivity contribution in [1.29, 1.82) is 0 Å². The summed E-state index contributed by atoms with van der Waals surface area (Å²) in [4.78, 5) is 23.3. The third-order valence-corrected chi connectivity index (χ3v) is 3.56. The van der Waals surface area contributed by atoms with E-state index in [1.165, 1.54) is 12.1 Å². The van der Waals surface area contributed by atoms with Gasteiger partial charge in [0.15, 0.2) is 6.29 Å². The molecule has 0 atom stereocenters. The number of carbonyl (C=O) groups is 1. The summed E-state index contributed by atoms with van der Waals surface area (Å²) >= 11 is 3.41. The average Bonchev–Trinajstić information content (AvgIpc) is 2.46. The Bertz CT molecular complexity index is 688. The molecule has 0 heterocycles. The molecule has 0 unspecified atom stereocenters. The van der Waals surface area contributed by atoms with Crippen molar-refractivity contribution in [2.75, 3.05) is 11.9 Å². The Labute approximate surface area is 130 Å². The number of halogens is 1. The number of nitrogens with zero attached hydrogens (tertiary/aromatic N) is 2. The van der Waals surface area contributed by atoms with Crippen molar-refractivity contribution in [2.24, 2.45) is 0 Å². The summed E-state index contributed by atoms with van der Waals surface area (Å²) in [6.45, 7) is 0.595. The number of nitro benzene ring substituents is 1. The molecule has 21 heavy (non-hydrogen) atoms. The third kappa shape index (κ3) is 3.66. The van der Waals surface area contributed by atoms with Crippen LogP contribution in [0.1, 0.15) is 15.9 Å². The van der Waals surface area contributed by atoms with E-state index in [2.05, 4.69) is 15.9 Å². The second kappa shape index (κ2) is 6.49. The molecule has 0 N–H and O–H groups in total. The molecule has 0 amide bonds. The number of anilines is 1. The van der Waals surface area contributed by atoms with Crippen molar-refractivity contribution in [1.82, 2.24) is 0 Å². The van der Waals surface area contributed by atoms with Crippen LogP contribution < -0.4 is 4.90 Å². The highest BCUT2D eigenvalue weighted by Gasteiger charge is 2.13. The normalized spacial score (nSPS) is 10.2. The highest BCUT2D eigenvalue weighted by atomic mass is 79.9. The molecular weight excluding hydrogens is 336 g/mol. The molecule has 0 radical (unpaired) electrons. The van der Waals surface area contributed by atoms with Crippen LogP contribution in [0.5, 0.6) is 0 Å². The maximum Gasteiger partial charge on any atom is 0.270 e. The van der Waals surface area contributed by atoms with E-state index < -0.39 is 4.92 Å². The molecule has 2 aromatic rings. The Balaban J connectivity index is 2.28. The lowest BCUT2D eigenvalue weighted by Gasteiger charge is -2.21. The maximum absolute atomic E-state index is 11.2. The number of benzene rings is 2. The van der Waals surface area contributed by atoms with Gasteiger partial charge in [0, 0.05) is 41.4 Å². The molecule has 2 aromatic carbocycles. The number of carbonyl (C=O) groups excluding carboxylic acids is 1. The minimum absolute atomic E-state index is 0.0864. The molecule has 0 bridgehead atoms. The summed E-state index contributed by atoms with van der Waals surface area (Å²) in [5, 5.41) is 10.7. The fourth-order valence-corrected chi connectivity index (χ4v) is 2.54. The minimum Gasteiger partial charge on any atom is -0.370 e. The molecule has 0 aliphatic rings. The van der Waals surface area contributed by atoms with Crippen LogP contribution in [0.2, 0.25) is 0 Å². The molecule has 0 aromatic heterocycles. The summed E-state index contributed by atoms with van der Waals surface area (Å²) in [6, 6.07) is 12.1. The van der Waals surface area contributed by atoms with Crippen LogP contribution in [0.4, 0.5) is 11.4 Å². The predicted molar refractivity (Wildman–Crippen MR) is 84.7 cm³/mol. The second-order valence-corrected chi connectivity index (χ2v) is 5.52. The van der Waals surface area contributed by atoms with Crippen LogP contribution in [0.3, 0.4) is 0 Å². The summed E-state index contributed by atoms with van der Waals surface area (Å²) in [5.41, 5.74) is 1.95. The fraction of sp³-hybridized carbons (Fsp3) is 0.133. The van der Waals surface area contributed by atoms with Gasteiger partial charge in [-0.05, 0) is 23.8 Å². The van der Waals surface area contributed by atoms with Crippen molar-refractivity contribution in [3.05, 3.63) is 68.2 Å². The van der Waals surface area contributed by atoms with E-state index in [1.807, 2.05) is 36.2 Å². The van der Waals surface area contributed by atoms with Gasteiger partial charge in [0.05, 0.1) is 4.92 Å². The third-order valence-electron chi connectivity index (χ3n) is 3.07. The maximum atomic E-state index is 11.2. The molecule has 0 spiro atoms. The Morgan fingerprint density at radius 1 is 1.29 bits per heavy atom. The van der Waals surface area contributed by atoms with E-state index in [0.717, 1.165) is 10.0 Å². The molecule has 108 valence electrons. The predicted octanol–water partition coefficient (Wildman–Crippen LogP) is 3.81. The molecule has 0 saturated carbocycles. The summed E-state index contributed by atoms with van der Waals surface area (Å²) < 4.78 is 0.979. The van der Waals surface area contributed by atoms with Gasteiger partial charge >= 0.3 is 0 Å². The van der Waals surface area contributed by atoms with Gasteiger partial charge in [0.2, 0.25) is 0 Å². The average molecular weight is 349 g/mol. The first-order chi connectivity index (χ1) is 10.0. The van der Waals surface area contributed by atoms with Crippen LogP contribution in [0.15, 0.2) is 46.9 Å². The Hall–Kier alpha value is -2.21. The summed E-state index contributed by atoms with van der Waals surface area (Å²) in [7, 11) is 1.84. The highest BCUT2D eigenvalue weighted by Crippen LogP contribution is 2.25. The molecule has 0 saturated heterocycles. The smallest absolute Gasteiger partial charge is 0.270 e. The lowest BCUT2D eigenvalue weighted by molar-refractivity contribution is -0.384. The van der Waals surface area contributed by atoms with Crippen LogP contribution in [0.25, 0.3) is 0 Å². The molecule has 0 aliphatic heterocycles. The van der Waals surface area contributed by atoms with Gasteiger partial charge in [-0.2, -0.15) is 0 Å². The molecular formula is C15H13BrN2O3. The number of non-ortho nitro benzene ring substituents is 1. The molecule has 2 rings (SSSR count). The summed E-state index contributed by atoms with van der Waals surface area (Å²) in [5.74, 6) is 0. The number of hydrogen-bond acceptors (Lipinski definition) is 4. The zero-order valence-electron chi connectivity index (χ0n) is 11.3. The SMILES string of the molecule is CN(Cc1cccc(Br)c1)c1ccc([N+](=O)[O-])cc1C=O. The van der Waals surface area contributed by atoms with Crippen LogP contribution in [-0.2, 0) is 6.54 Å². The Morgan fingerprint density at radius 2 is 2.05 bits per heavy atom. The molecule has 0 fully saturated rings. The van der Waals surface area contributed by atoms with E-state index >= 15 is 0 Å². The van der Waals surface area contributed by atoms with E-state index in [1.54, 1.807) is 6.07 Å². The van der Waals surface area contributed by atoms with Crippen molar-refractivity contribution in [3.8, 4) is 0 Å². The largest absolute Gasteiger partial charge is 0.370 e. The standard InChI is InChI=1S/C15H13BrN2O3/c1-17(9-11-3-2-4-13(16)7-11)15-6-5-14(18(20)21)8-12(15)10-19/h2-8,10H,9H2,1H3. The monoisotopic (exact) mass is 348 g/mol. The van der Waals surface area contributed by atoms with E-state index in [-0.39, 0.29) is 5.69 Å². The Kier molecular flexibility index (Phi) is 4.70. The van der Waals surface area contributed by atoms with Gasteiger partial charge in [0.1, 0.15) is 0 Å². The van der Waals surface area contributed by atoms with Crippen molar-refractivity contribution >= 4 is 33.6 Å². The summed E-state index contributed by atoms with van der Waals surface area (Å²) in [6.07, 6.45) is 0.639. The molecule has 5 nitrogen and oxygen atoms in total. The van der Waals surface area contributed by atoms with E-state index in [9.17, 15) is 14.9 Å². The zero-order valence-corrected chi connectivity index (χ0v) is 12.9. The van der Waals surface area contributed by atoms with E-state index in [4.69, 9.17) is 0 Å². The first-order valence-corrected chi connectivity index (χ1v) is 7.00. The lowest BCUT2D eigenvalue weighted by atomic mass is 10.1. The molecule has 0 aliphatic carbocycles. The Morgan fingerprint density at radius 3 is 2.67 bits per heavy atom. The highest BCUT2D eigenvalue weighted by molar-refractivity contribution is 9.10. The van der Waals surface area contributed by atoms with Crippen molar-refractivity contribution < 1.29 is 9.72 Å². The van der Waals surface area contributed by atoms with Gasteiger partial charge in [-0.15, -0.1) is 0 Å². The fourth-order valence-electron chi connectivity index (χ4n) is 2.09. The van der Waals surface area contributed by atoms with Gasteiger partial charge in [-0.1, -0.05) is 28.1 Å². The van der Waals surface area contributed by atoms with Crippen molar-refractivity contribution in [3.63, 3.8) is 0 Å². The number of aldehydes is 1. The van der Waals surface area contributed by atoms with Crippen molar-refractivity contribution in [2.45, 2.75) is 6.54 Å². The van der Waals surface area contributed by atoms with Crippen LogP contribution in [-0.4, -0.2) is 18.3 Å². The molecule has 6 heteroatoms. The minimum atomic E-state index is -0.509. The van der Waals surface area contributed by atoms with Gasteiger partial charge < -0.3 is 4.90 Å². The number of nitro groups is 1.